The Labute approximate surface area is 53.2 Å². The fourth-order valence-electron chi connectivity index (χ4n) is 1.87. The first kappa shape index (κ1) is 5.63. The predicted octanol–water partition coefficient (Wildman–Crippen LogP) is 2.44. The molecule has 0 aromatic rings. The molecule has 0 bridgehead atoms. The van der Waals surface area contributed by atoms with Crippen molar-refractivity contribution in [2.45, 2.75) is 31.6 Å². The summed E-state index contributed by atoms with van der Waals surface area (Å²) < 4.78 is 25.3. The fraction of sp³-hybridized carbons (Fsp3) is 1.00. The lowest BCUT2D eigenvalue weighted by Crippen LogP contribution is -2.23. The van der Waals surface area contributed by atoms with Gasteiger partial charge in [-0.1, -0.05) is 0 Å². The maximum Gasteiger partial charge on any atom is 0.251 e. The molecule has 0 radical (unpaired) electrons. The summed E-state index contributed by atoms with van der Waals surface area (Å²) in [6.07, 6.45) is 2.75. The molecule has 0 aromatic heterocycles. The summed E-state index contributed by atoms with van der Waals surface area (Å²) in [6, 6.07) is 0. The molecule has 9 heavy (non-hydrogen) atoms. The Morgan fingerprint density at radius 3 is 2.67 bits per heavy atom. The lowest BCUT2D eigenvalue weighted by atomic mass is 9.97. The minimum absolute atomic E-state index is 0.147. The van der Waals surface area contributed by atoms with Crippen LogP contribution in [0, 0.1) is 11.8 Å². The van der Waals surface area contributed by atoms with Crippen molar-refractivity contribution < 1.29 is 8.78 Å². The van der Waals surface area contributed by atoms with Crippen molar-refractivity contribution in [3.63, 3.8) is 0 Å². The van der Waals surface area contributed by atoms with Gasteiger partial charge in [-0.25, -0.2) is 8.78 Å². The molecule has 0 saturated heterocycles. The van der Waals surface area contributed by atoms with Crippen LogP contribution in [0.4, 0.5) is 8.78 Å². The van der Waals surface area contributed by atoms with Crippen molar-refractivity contribution in [2.75, 3.05) is 0 Å². The highest BCUT2D eigenvalue weighted by Gasteiger charge is 2.56. The molecular weight excluding hydrogens is 122 g/mol. The Balaban J connectivity index is 2.09. The Bertz CT molecular complexity index is 131. The molecule has 2 aliphatic rings. The summed E-state index contributed by atoms with van der Waals surface area (Å²) in [5.74, 6) is -2.11. The van der Waals surface area contributed by atoms with Gasteiger partial charge in [0.25, 0.3) is 5.92 Å². The van der Waals surface area contributed by atoms with Crippen molar-refractivity contribution in [1.29, 1.82) is 0 Å². The van der Waals surface area contributed by atoms with Crippen molar-refractivity contribution >= 4 is 0 Å². The van der Waals surface area contributed by atoms with Gasteiger partial charge in [0, 0.05) is 12.3 Å². The highest BCUT2D eigenvalue weighted by atomic mass is 19.3. The van der Waals surface area contributed by atoms with Gasteiger partial charge in [0.1, 0.15) is 0 Å². The van der Waals surface area contributed by atoms with Crippen LogP contribution in [0.3, 0.4) is 0 Å². The normalized spacial score (nSPS) is 46.0. The van der Waals surface area contributed by atoms with Crippen LogP contribution >= 0.6 is 0 Å². The second-order valence-electron chi connectivity index (χ2n) is 3.26. The summed E-state index contributed by atoms with van der Waals surface area (Å²) >= 11 is 0. The number of hydrogen-bond donors (Lipinski definition) is 0. The lowest BCUT2D eigenvalue weighted by Gasteiger charge is -2.20. The van der Waals surface area contributed by atoms with E-state index in [2.05, 4.69) is 0 Å². The number of hydrogen-bond acceptors (Lipinski definition) is 0. The van der Waals surface area contributed by atoms with E-state index in [9.17, 15) is 8.78 Å². The summed E-state index contributed by atoms with van der Waals surface area (Å²) in [7, 11) is 0. The molecule has 2 aliphatic carbocycles. The van der Waals surface area contributed by atoms with Crippen molar-refractivity contribution in [1.82, 2.24) is 0 Å². The molecule has 2 saturated carbocycles. The average Bonchev–Trinajstić information content (AvgIpc) is 2.43. The third-order valence-electron chi connectivity index (χ3n) is 2.55. The van der Waals surface area contributed by atoms with Gasteiger partial charge < -0.3 is 0 Å². The fourth-order valence-corrected chi connectivity index (χ4v) is 1.87. The van der Waals surface area contributed by atoms with Gasteiger partial charge in [0.2, 0.25) is 0 Å². The van der Waals surface area contributed by atoms with Gasteiger partial charge >= 0.3 is 0 Å². The van der Waals surface area contributed by atoms with Gasteiger partial charge in [-0.05, 0) is 25.2 Å². The minimum Gasteiger partial charge on any atom is -0.207 e. The molecule has 2 rings (SSSR count). The van der Waals surface area contributed by atoms with Crippen LogP contribution < -0.4 is 0 Å². The van der Waals surface area contributed by atoms with Crippen molar-refractivity contribution in [3.05, 3.63) is 0 Å². The zero-order valence-electron chi connectivity index (χ0n) is 5.24. The van der Waals surface area contributed by atoms with Crippen LogP contribution in [0.5, 0.6) is 0 Å². The summed E-state index contributed by atoms with van der Waals surface area (Å²) in [5, 5.41) is 0. The molecule has 0 aliphatic heterocycles. The zero-order valence-corrected chi connectivity index (χ0v) is 5.24. The maximum absolute atomic E-state index is 12.6. The van der Waals surface area contributed by atoms with Crippen LogP contribution in [0.25, 0.3) is 0 Å². The van der Waals surface area contributed by atoms with Gasteiger partial charge in [-0.15, -0.1) is 0 Å². The Morgan fingerprint density at radius 1 is 1.33 bits per heavy atom. The van der Waals surface area contributed by atoms with Crippen molar-refractivity contribution in [2.24, 2.45) is 11.8 Å². The summed E-state index contributed by atoms with van der Waals surface area (Å²) in [4.78, 5) is 0. The van der Waals surface area contributed by atoms with E-state index in [1.54, 1.807) is 0 Å². The Kier molecular flexibility index (Phi) is 0.920. The molecule has 0 nitrogen and oxygen atoms in total. The van der Waals surface area contributed by atoms with Crippen LogP contribution in [-0.4, -0.2) is 5.92 Å². The van der Waals surface area contributed by atoms with Gasteiger partial charge in [0.05, 0.1) is 0 Å². The zero-order chi connectivity index (χ0) is 6.48. The van der Waals surface area contributed by atoms with E-state index in [4.69, 9.17) is 0 Å². The Hall–Kier alpha value is -0.140. The second kappa shape index (κ2) is 1.47. The highest BCUT2D eigenvalue weighted by molar-refractivity contribution is 4.99. The molecule has 52 valence electrons. The van der Waals surface area contributed by atoms with Gasteiger partial charge in [-0.3, -0.25) is 0 Å². The number of alkyl halides is 2. The molecule has 0 spiro atoms. The standard InChI is InChI=1S/C7H10F2/c8-7(9)3-1-2-5-4-6(5)7/h5-6H,1-4H2/t5-,6-/m1/s1. The van der Waals surface area contributed by atoms with Crippen LogP contribution in [-0.2, 0) is 0 Å². The molecular formula is C7H10F2. The van der Waals surface area contributed by atoms with E-state index in [1.807, 2.05) is 0 Å². The monoisotopic (exact) mass is 132 g/mol. The quantitative estimate of drug-likeness (QED) is 0.475. The SMILES string of the molecule is FC1(F)CCC[C@@H]2C[C@H]21. The van der Waals surface area contributed by atoms with Crippen LogP contribution in [0.1, 0.15) is 25.7 Å². The van der Waals surface area contributed by atoms with Crippen molar-refractivity contribution in [3.8, 4) is 0 Å². The topological polar surface area (TPSA) is 0 Å². The second-order valence-corrected chi connectivity index (χ2v) is 3.26. The number of fused-ring (bicyclic) bond motifs is 1. The molecule has 0 N–H and O–H groups in total. The number of halogens is 2. The first-order valence-electron chi connectivity index (χ1n) is 3.58. The third-order valence-corrected chi connectivity index (χ3v) is 2.55. The highest BCUT2D eigenvalue weighted by Crippen LogP contribution is 2.57. The maximum atomic E-state index is 12.6. The van der Waals surface area contributed by atoms with E-state index in [1.165, 1.54) is 0 Å². The molecule has 0 unspecified atom stereocenters. The molecule has 2 atom stereocenters. The predicted molar refractivity (Wildman–Crippen MR) is 30.4 cm³/mol. The van der Waals surface area contributed by atoms with Gasteiger partial charge in [0.15, 0.2) is 0 Å². The average molecular weight is 132 g/mol. The molecule has 0 amide bonds. The van der Waals surface area contributed by atoms with E-state index >= 15 is 0 Å². The third kappa shape index (κ3) is 0.759. The van der Waals surface area contributed by atoms with E-state index < -0.39 is 5.92 Å². The van der Waals surface area contributed by atoms with E-state index in [0.717, 1.165) is 19.3 Å². The largest absolute Gasteiger partial charge is 0.251 e. The van der Waals surface area contributed by atoms with E-state index in [-0.39, 0.29) is 12.3 Å². The summed E-state index contributed by atoms with van der Waals surface area (Å²) in [5.41, 5.74) is 0. The Morgan fingerprint density at radius 2 is 2.11 bits per heavy atom. The molecule has 0 aromatic carbocycles. The van der Waals surface area contributed by atoms with Gasteiger partial charge in [-0.2, -0.15) is 0 Å². The van der Waals surface area contributed by atoms with Crippen LogP contribution in [0.15, 0.2) is 0 Å². The van der Waals surface area contributed by atoms with E-state index in [0.29, 0.717) is 5.92 Å². The smallest absolute Gasteiger partial charge is 0.207 e. The molecule has 2 fully saturated rings. The molecule has 0 heterocycles. The first-order chi connectivity index (χ1) is 4.20. The first-order valence-corrected chi connectivity index (χ1v) is 3.58. The lowest BCUT2D eigenvalue weighted by molar-refractivity contribution is -0.0491. The number of rotatable bonds is 0. The summed E-state index contributed by atoms with van der Waals surface area (Å²) in [6.45, 7) is 0. The molecule has 2 heteroatoms. The van der Waals surface area contributed by atoms with Crippen LogP contribution in [0.2, 0.25) is 0 Å². The minimum atomic E-state index is -2.29.